The number of aryl methyl sites for hydroxylation is 2. The van der Waals surface area contributed by atoms with Crippen molar-refractivity contribution in [3.63, 3.8) is 0 Å². The van der Waals surface area contributed by atoms with Gasteiger partial charge in [-0.1, -0.05) is 18.2 Å². The smallest absolute Gasteiger partial charge is 0.276 e. The van der Waals surface area contributed by atoms with Gasteiger partial charge in [0.25, 0.3) is 5.56 Å². The highest BCUT2D eigenvalue weighted by molar-refractivity contribution is 5.92. The van der Waals surface area contributed by atoms with E-state index in [0.717, 1.165) is 35.4 Å². The molecule has 0 bridgehead atoms. The first-order chi connectivity index (χ1) is 13.8. The molecule has 1 aromatic carbocycles. The van der Waals surface area contributed by atoms with Crippen LogP contribution in [0.2, 0.25) is 0 Å². The van der Waals surface area contributed by atoms with Gasteiger partial charge in [0, 0.05) is 36.5 Å². The Kier molecular flexibility index (Phi) is 4.29. The number of ether oxygens (including phenoxy) is 1. The normalized spacial score (nSPS) is 16.8. The number of fused-ring (bicyclic) bond motifs is 2. The third-order valence-electron chi connectivity index (χ3n) is 5.16. The lowest BCUT2D eigenvalue weighted by molar-refractivity contribution is 0.195. The Labute approximate surface area is 161 Å². The van der Waals surface area contributed by atoms with Crippen molar-refractivity contribution in [2.24, 2.45) is 0 Å². The second-order valence-corrected chi connectivity index (χ2v) is 7.10. The van der Waals surface area contributed by atoms with Crippen LogP contribution in [0.3, 0.4) is 0 Å². The van der Waals surface area contributed by atoms with E-state index in [4.69, 9.17) is 4.74 Å². The molecule has 0 spiro atoms. The zero-order valence-corrected chi connectivity index (χ0v) is 15.4. The van der Waals surface area contributed by atoms with Crippen molar-refractivity contribution in [2.45, 2.75) is 25.4 Å². The van der Waals surface area contributed by atoms with Gasteiger partial charge in [-0.3, -0.25) is 4.79 Å². The molecule has 0 aliphatic carbocycles. The topological polar surface area (TPSA) is 73.5 Å². The molecular formula is C21H21N5O2. The standard InChI is InChI=1S/C21H21N5O2/c27-21-20-15(4-3-5-18(20)23-17-8-11-28-14-17)12-22-26(21)10-7-16-13-25-9-2-1-6-19(25)24-16/h1-6,9,12-13,17,23H,7-8,10-11,14H2/t17-/m0/s1. The fourth-order valence-corrected chi connectivity index (χ4v) is 3.71. The Bertz CT molecular complexity index is 1160. The van der Waals surface area contributed by atoms with Crippen LogP contribution >= 0.6 is 0 Å². The molecule has 1 fully saturated rings. The molecular weight excluding hydrogens is 354 g/mol. The number of hydrogen-bond donors (Lipinski definition) is 1. The molecule has 5 rings (SSSR count). The largest absolute Gasteiger partial charge is 0.379 e. The van der Waals surface area contributed by atoms with E-state index < -0.39 is 0 Å². The second-order valence-electron chi connectivity index (χ2n) is 7.10. The Morgan fingerprint density at radius 3 is 3.04 bits per heavy atom. The summed E-state index contributed by atoms with van der Waals surface area (Å²) in [6.07, 6.45) is 7.32. The summed E-state index contributed by atoms with van der Waals surface area (Å²) in [6.45, 7) is 1.91. The van der Waals surface area contributed by atoms with Crippen LogP contribution in [-0.4, -0.2) is 38.4 Å². The fraction of sp³-hybridized carbons (Fsp3) is 0.286. The minimum Gasteiger partial charge on any atom is -0.379 e. The van der Waals surface area contributed by atoms with E-state index in [9.17, 15) is 4.79 Å². The number of hydrogen-bond acceptors (Lipinski definition) is 5. The Morgan fingerprint density at radius 2 is 2.18 bits per heavy atom. The second kappa shape index (κ2) is 7.09. The molecule has 7 heteroatoms. The summed E-state index contributed by atoms with van der Waals surface area (Å²) in [6, 6.07) is 12.0. The Morgan fingerprint density at radius 1 is 1.21 bits per heavy atom. The summed E-state index contributed by atoms with van der Waals surface area (Å²) in [5.41, 5.74) is 2.61. The van der Waals surface area contributed by atoms with Gasteiger partial charge in [0.15, 0.2) is 0 Å². The zero-order chi connectivity index (χ0) is 18.9. The molecule has 7 nitrogen and oxygen atoms in total. The van der Waals surface area contributed by atoms with Crippen LogP contribution in [0.15, 0.2) is 59.8 Å². The predicted octanol–water partition coefficient (Wildman–Crippen LogP) is 2.49. The molecule has 1 aliphatic heterocycles. The van der Waals surface area contributed by atoms with E-state index in [1.54, 1.807) is 6.20 Å². The Hall–Kier alpha value is -3.19. The quantitative estimate of drug-likeness (QED) is 0.580. The summed E-state index contributed by atoms with van der Waals surface area (Å²) < 4.78 is 8.95. The number of nitrogens with zero attached hydrogens (tertiary/aromatic N) is 4. The third-order valence-corrected chi connectivity index (χ3v) is 5.16. The van der Waals surface area contributed by atoms with Gasteiger partial charge in [-0.15, -0.1) is 0 Å². The summed E-state index contributed by atoms with van der Waals surface area (Å²) in [7, 11) is 0. The molecule has 1 aliphatic rings. The van der Waals surface area contributed by atoms with E-state index in [2.05, 4.69) is 15.4 Å². The van der Waals surface area contributed by atoms with Gasteiger partial charge in [-0.25, -0.2) is 9.67 Å². The predicted molar refractivity (Wildman–Crippen MR) is 108 cm³/mol. The number of anilines is 1. The maximum Gasteiger partial charge on any atom is 0.276 e. The highest BCUT2D eigenvalue weighted by Gasteiger charge is 2.17. The molecule has 4 heterocycles. The number of benzene rings is 1. The van der Waals surface area contributed by atoms with Gasteiger partial charge in [0.2, 0.25) is 0 Å². The SMILES string of the molecule is O=c1c2c(N[C@H]3CCOC3)cccc2cnn1CCc1cn2ccccc2n1. The van der Waals surface area contributed by atoms with Gasteiger partial charge in [-0.2, -0.15) is 5.10 Å². The lowest BCUT2D eigenvalue weighted by Crippen LogP contribution is -2.26. The van der Waals surface area contributed by atoms with Crippen molar-refractivity contribution in [1.29, 1.82) is 0 Å². The average Bonchev–Trinajstić information content (AvgIpc) is 3.36. The van der Waals surface area contributed by atoms with E-state index in [-0.39, 0.29) is 11.6 Å². The van der Waals surface area contributed by atoms with Crippen LogP contribution in [0.1, 0.15) is 12.1 Å². The van der Waals surface area contributed by atoms with Crippen molar-refractivity contribution < 1.29 is 4.74 Å². The summed E-state index contributed by atoms with van der Waals surface area (Å²) in [5.74, 6) is 0. The molecule has 0 radical (unpaired) electrons. The van der Waals surface area contributed by atoms with Crippen molar-refractivity contribution in [3.8, 4) is 0 Å². The summed E-state index contributed by atoms with van der Waals surface area (Å²) in [4.78, 5) is 17.7. The van der Waals surface area contributed by atoms with E-state index >= 15 is 0 Å². The van der Waals surface area contributed by atoms with Gasteiger partial charge in [-0.05, 0) is 24.6 Å². The number of aromatic nitrogens is 4. The van der Waals surface area contributed by atoms with Crippen LogP contribution in [0.25, 0.3) is 16.4 Å². The molecule has 1 N–H and O–H groups in total. The van der Waals surface area contributed by atoms with Crippen LogP contribution in [0.4, 0.5) is 5.69 Å². The number of nitrogens with one attached hydrogen (secondary N) is 1. The molecule has 0 saturated carbocycles. The van der Waals surface area contributed by atoms with Gasteiger partial charge < -0.3 is 14.5 Å². The molecule has 28 heavy (non-hydrogen) atoms. The molecule has 142 valence electrons. The zero-order valence-electron chi connectivity index (χ0n) is 15.4. The monoisotopic (exact) mass is 375 g/mol. The number of imidazole rings is 1. The molecule has 0 amide bonds. The molecule has 4 aromatic rings. The Balaban J connectivity index is 1.44. The van der Waals surface area contributed by atoms with Gasteiger partial charge >= 0.3 is 0 Å². The maximum absolute atomic E-state index is 13.1. The lowest BCUT2D eigenvalue weighted by Gasteiger charge is -2.15. The van der Waals surface area contributed by atoms with E-state index in [1.165, 1.54) is 4.68 Å². The fourth-order valence-electron chi connectivity index (χ4n) is 3.71. The van der Waals surface area contributed by atoms with Crippen molar-refractivity contribution in [1.82, 2.24) is 19.2 Å². The average molecular weight is 375 g/mol. The van der Waals surface area contributed by atoms with Gasteiger partial charge in [0.05, 0.1) is 36.5 Å². The van der Waals surface area contributed by atoms with Crippen molar-refractivity contribution in [3.05, 3.63) is 71.0 Å². The number of rotatable bonds is 5. The van der Waals surface area contributed by atoms with Crippen molar-refractivity contribution >= 4 is 22.1 Å². The number of pyridine rings is 1. The highest BCUT2D eigenvalue weighted by atomic mass is 16.5. The van der Waals surface area contributed by atoms with Crippen molar-refractivity contribution in [2.75, 3.05) is 18.5 Å². The van der Waals surface area contributed by atoms with Crippen LogP contribution in [0, 0.1) is 0 Å². The highest BCUT2D eigenvalue weighted by Crippen LogP contribution is 2.22. The first-order valence-corrected chi connectivity index (χ1v) is 9.54. The van der Waals surface area contributed by atoms with Crippen LogP contribution in [0.5, 0.6) is 0 Å². The molecule has 1 atom stereocenters. The minimum atomic E-state index is -0.0803. The maximum atomic E-state index is 13.1. The third kappa shape index (κ3) is 3.14. The summed E-state index contributed by atoms with van der Waals surface area (Å²) in [5, 5.41) is 9.35. The minimum absolute atomic E-state index is 0.0803. The van der Waals surface area contributed by atoms with E-state index in [1.807, 2.05) is 53.2 Å². The molecule has 0 unspecified atom stereocenters. The van der Waals surface area contributed by atoms with Crippen LogP contribution < -0.4 is 10.9 Å². The van der Waals surface area contributed by atoms with E-state index in [0.29, 0.717) is 25.0 Å². The first-order valence-electron chi connectivity index (χ1n) is 9.54. The van der Waals surface area contributed by atoms with Crippen LogP contribution in [-0.2, 0) is 17.7 Å². The first kappa shape index (κ1) is 16.9. The lowest BCUT2D eigenvalue weighted by atomic mass is 10.1. The van der Waals surface area contributed by atoms with Gasteiger partial charge in [0.1, 0.15) is 5.65 Å². The molecule has 1 saturated heterocycles. The molecule has 3 aromatic heterocycles. The summed E-state index contributed by atoms with van der Waals surface area (Å²) >= 11 is 0.